The third kappa shape index (κ3) is 2.32. The normalized spacial score (nSPS) is 28.5. The van der Waals surface area contributed by atoms with Crippen molar-refractivity contribution in [1.29, 1.82) is 0 Å². The van der Waals surface area contributed by atoms with Crippen molar-refractivity contribution in [1.82, 2.24) is 10.2 Å². The first-order chi connectivity index (χ1) is 9.20. The standard InChI is InChI=1S/C15H20N2O2/c1-12(13-6-3-2-4-7-13)17-11-15(19-14(17)18)8-5-9-16-10-15/h2-4,6-7,12,16H,5,8-11H2,1H3. The van der Waals surface area contributed by atoms with Gasteiger partial charge in [-0.2, -0.15) is 0 Å². The lowest BCUT2D eigenvalue weighted by atomic mass is 9.93. The van der Waals surface area contributed by atoms with E-state index in [1.54, 1.807) is 0 Å². The number of benzene rings is 1. The smallest absolute Gasteiger partial charge is 0.411 e. The molecule has 1 N–H and O–H groups in total. The Bertz CT molecular complexity index is 454. The lowest BCUT2D eigenvalue weighted by Gasteiger charge is -2.32. The molecule has 2 aliphatic heterocycles. The van der Waals surface area contributed by atoms with E-state index >= 15 is 0 Å². The molecule has 2 aliphatic rings. The van der Waals surface area contributed by atoms with Gasteiger partial charge in [-0.1, -0.05) is 30.3 Å². The van der Waals surface area contributed by atoms with Crippen LogP contribution < -0.4 is 5.32 Å². The molecule has 2 atom stereocenters. The van der Waals surface area contributed by atoms with Crippen LogP contribution in [0, 0.1) is 0 Å². The maximum atomic E-state index is 12.1. The first-order valence-corrected chi connectivity index (χ1v) is 6.95. The first kappa shape index (κ1) is 12.5. The van der Waals surface area contributed by atoms with Crippen LogP contribution in [0.1, 0.15) is 31.4 Å². The van der Waals surface area contributed by atoms with Gasteiger partial charge in [-0.3, -0.25) is 4.90 Å². The number of hydrogen-bond acceptors (Lipinski definition) is 3. The fourth-order valence-electron chi connectivity index (χ4n) is 3.02. The van der Waals surface area contributed by atoms with E-state index < -0.39 is 0 Å². The average Bonchev–Trinajstić information content (AvgIpc) is 2.76. The summed E-state index contributed by atoms with van der Waals surface area (Å²) in [6.07, 6.45) is 1.85. The van der Waals surface area contributed by atoms with Gasteiger partial charge in [0.1, 0.15) is 5.60 Å². The second kappa shape index (κ2) is 4.85. The van der Waals surface area contributed by atoms with Gasteiger partial charge in [0.2, 0.25) is 0 Å². The van der Waals surface area contributed by atoms with Crippen LogP contribution in [-0.4, -0.2) is 36.2 Å². The van der Waals surface area contributed by atoms with E-state index in [0.29, 0.717) is 6.54 Å². The van der Waals surface area contributed by atoms with Crippen LogP contribution >= 0.6 is 0 Å². The summed E-state index contributed by atoms with van der Waals surface area (Å²) in [6.45, 7) is 4.55. The summed E-state index contributed by atoms with van der Waals surface area (Å²) < 4.78 is 5.67. The fraction of sp³-hybridized carbons (Fsp3) is 0.533. The Morgan fingerprint density at radius 1 is 1.37 bits per heavy atom. The summed E-state index contributed by atoms with van der Waals surface area (Å²) in [5.74, 6) is 0. The van der Waals surface area contributed by atoms with Crippen molar-refractivity contribution >= 4 is 6.09 Å². The Labute approximate surface area is 113 Å². The van der Waals surface area contributed by atoms with E-state index in [0.717, 1.165) is 31.5 Å². The number of piperidine rings is 1. The SMILES string of the molecule is CC(c1ccccc1)N1CC2(CCCNC2)OC1=O. The van der Waals surface area contributed by atoms with Gasteiger partial charge in [0, 0.05) is 6.54 Å². The van der Waals surface area contributed by atoms with Gasteiger partial charge in [-0.25, -0.2) is 4.79 Å². The monoisotopic (exact) mass is 260 g/mol. The number of carbonyl (C=O) groups excluding carboxylic acids is 1. The molecule has 4 heteroatoms. The second-order valence-corrected chi connectivity index (χ2v) is 5.55. The van der Waals surface area contributed by atoms with Gasteiger partial charge in [0.25, 0.3) is 0 Å². The van der Waals surface area contributed by atoms with Crippen molar-refractivity contribution < 1.29 is 9.53 Å². The number of ether oxygens (including phenoxy) is 1. The Kier molecular flexibility index (Phi) is 3.19. The molecule has 2 fully saturated rings. The molecule has 0 aliphatic carbocycles. The molecule has 0 aromatic heterocycles. The topological polar surface area (TPSA) is 41.6 Å². The Balaban J connectivity index is 1.77. The largest absolute Gasteiger partial charge is 0.440 e. The highest BCUT2D eigenvalue weighted by atomic mass is 16.6. The molecule has 1 amide bonds. The summed E-state index contributed by atoms with van der Waals surface area (Å²) in [5, 5.41) is 3.33. The van der Waals surface area contributed by atoms with Gasteiger partial charge in [-0.15, -0.1) is 0 Å². The molecule has 1 spiro atoms. The van der Waals surface area contributed by atoms with Crippen molar-refractivity contribution in [2.24, 2.45) is 0 Å². The van der Waals surface area contributed by atoms with Crippen molar-refractivity contribution in [2.45, 2.75) is 31.4 Å². The van der Waals surface area contributed by atoms with E-state index in [2.05, 4.69) is 24.4 Å². The van der Waals surface area contributed by atoms with Gasteiger partial charge in [-0.05, 0) is 31.9 Å². The van der Waals surface area contributed by atoms with E-state index in [-0.39, 0.29) is 17.7 Å². The summed E-state index contributed by atoms with van der Waals surface area (Å²) in [4.78, 5) is 14.0. The maximum absolute atomic E-state index is 12.1. The highest BCUT2D eigenvalue weighted by Crippen LogP contribution is 2.34. The van der Waals surface area contributed by atoms with Crippen molar-refractivity contribution in [3.63, 3.8) is 0 Å². The molecule has 3 rings (SSSR count). The van der Waals surface area contributed by atoms with Crippen molar-refractivity contribution in [3.8, 4) is 0 Å². The number of carbonyl (C=O) groups is 1. The first-order valence-electron chi connectivity index (χ1n) is 6.95. The zero-order valence-corrected chi connectivity index (χ0v) is 11.3. The highest BCUT2D eigenvalue weighted by molar-refractivity contribution is 5.71. The molecule has 2 saturated heterocycles. The third-order valence-corrected chi connectivity index (χ3v) is 4.18. The van der Waals surface area contributed by atoms with Crippen LogP contribution in [0.5, 0.6) is 0 Å². The van der Waals surface area contributed by atoms with E-state index in [1.807, 2.05) is 23.1 Å². The van der Waals surface area contributed by atoms with Crippen LogP contribution in [0.3, 0.4) is 0 Å². The zero-order chi connectivity index (χ0) is 13.3. The summed E-state index contributed by atoms with van der Waals surface area (Å²) in [7, 11) is 0. The molecule has 0 saturated carbocycles. The number of hydrogen-bond donors (Lipinski definition) is 1. The Morgan fingerprint density at radius 3 is 2.84 bits per heavy atom. The number of rotatable bonds is 2. The zero-order valence-electron chi connectivity index (χ0n) is 11.3. The summed E-state index contributed by atoms with van der Waals surface area (Å²) in [6, 6.07) is 10.2. The number of nitrogens with one attached hydrogen (secondary N) is 1. The minimum Gasteiger partial charge on any atom is -0.440 e. The molecule has 2 unspecified atom stereocenters. The van der Waals surface area contributed by atoms with Gasteiger partial charge < -0.3 is 10.1 Å². The molecule has 1 aromatic rings. The van der Waals surface area contributed by atoms with E-state index in [9.17, 15) is 4.79 Å². The molecule has 0 bridgehead atoms. The maximum Gasteiger partial charge on any atom is 0.411 e. The number of nitrogens with zero attached hydrogens (tertiary/aromatic N) is 1. The Hall–Kier alpha value is -1.55. The van der Waals surface area contributed by atoms with E-state index in [4.69, 9.17) is 4.74 Å². The van der Waals surface area contributed by atoms with Crippen LogP contribution in [0.15, 0.2) is 30.3 Å². The number of amides is 1. The summed E-state index contributed by atoms with van der Waals surface area (Å²) in [5.41, 5.74) is 0.846. The molecule has 2 heterocycles. The molecule has 4 nitrogen and oxygen atoms in total. The molecule has 19 heavy (non-hydrogen) atoms. The lowest BCUT2D eigenvalue weighted by Crippen LogP contribution is -2.48. The van der Waals surface area contributed by atoms with Gasteiger partial charge in [0.05, 0.1) is 12.6 Å². The van der Waals surface area contributed by atoms with Gasteiger partial charge in [0.15, 0.2) is 0 Å². The minimum atomic E-state index is -0.307. The molecule has 102 valence electrons. The van der Waals surface area contributed by atoms with Crippen LogP contribution in [0.4, 0.5) is 4.79 Å². The average molecular weight is 260 g/mol. The lowest BCUT2D eigenvalue weighted by molar-refractivity contribution is 0.0366. The van der Waals surface area contributed by atoms with Crippen LogP contribution in [0.2, 0.25) is 0 Å². The molecule has 0 radical (unpaired) electrons. The van der Waals surface area contributed by atoms with Gasteiger partial charge >= 0.3 is 6.09 Å². The van der Waals surface area contributed by atoms with Crippen LogP contribution in [0.25, 0.3) is 0 Å². The predicted octanol–water partition coefficient (Wildman–Crippen LogP) is 2.32. The van der Waals surface area contributed by atoms with E-state index in [1.165, 1.54) is 0 Å². The minimum absolute atomic E-state index is 0.0648. The predicted molar refractivity (Wildman–Crippen MR) is 72.9 cm³/mol. The molecule has 1 aromatic carbocycles. The van der Waals surface area contributed by atoms with Crippen molar-refractivity contribution in [2.75, 3.05) is 19.6 Å². The van der Waals surface area contributed by atoms with Crippen molar-refractivity contribution in [3.05, 3.63) is 35.9 Å². The molecular weight excluding hydrogens is 240 g/mol. The third-order valence-electron chi connectivity index (χ3n) is 4.18. The fourth-order valence-corrected chi connectivity index (χ4v) is 3.02. The highest BCUT2D eigenvalue weighted by Gasteiger charge is 2.47. The molecular formula is C15H20N2O2. The Morgan fingerprint density at radius 2 is 2.16 bits per heavy atom. The quantitative estimate of drug-likeness (QED) is 0.887. The van der Waals surface area contributed by atoms with Crippen LogP contribution in [-0.2, 0) is 4.74 Å². The second-order valence-electron chi connectivity index (χ2n) is 5.55. The summed E-state index contributed by atoms with van der Waals surface area (Å²) >= 11 is 0.